The predicted molar refractivity (Wildman–Crippen MR) is 146 cm³/mol. The van der Waals surface area contributed by atoms with Crippen molar-refractivity contribution in [1.29, 1.82) is 0 Å². The van der Waals surface area contributed by atoms with E-state index in [0.717, 1.165) is 10.0 Å². The molecular weight excluding hydrogens is 544 g/mol. The lowest BCUT2D eigenvalue weighted by molar-refractivity contribution is -0.178. The molecule has 0 saturated carbocycles. The van der Waals surface area contributed by atoms with E-state index in [4.69, 9.17) is 23.8 Å². The van der Waals surface area contributed by atoms with Gasteiger partial charge in [0.2, 0.25) is 11.0 Å². The van der Waals surface area contributed by atoms with Gasteiger partial charge in [-0.25, -0.2) is 14.6 Å². The molecule has 0 radical (unpaired) electrons. The third kappa shape index (κ3) is 4.31. The van der Waals surface area contributed by atoms with Crippen LogP contribution in [0.1, 0.15) is 23.7 Å². The number of nitrogens with zero attached hydrogens (tertiary/aromatic N) is 5. The smallest absolute Gasteiger partial charge is 0.295 e. The first-order valence-electron chi connectivity index (χ1n) is 12.0. The monoisotopic (exact) mass is 566 g/mol. The third-order valence-corrected chi connectivity index (χ3v) is 7.52. The topological polar surface area (TPSA) is 117 Å². The molecule has 2 unspecified atom stereocenters. The summed E-state index contributed by atoms with van der Waals surface area (Å²) in [5, 5.41) is 3.37. The molecular formula is C26H23ClN6O5S. The van der Waals surface area contributed by atoms with Crippen molar-refractivity contribution in [2.45, 2.75) is 24.8 Å². The van der Waals surface area contributed by atoms with E-state index in [1.165, 1.54) is 4.68 Å². The van der Waals surface area contributed by atoms with Crippen molar-refractivity contribution in [3.8, 4) is 5.69 Å². The molecule has 2 fully saturated rings. The highest BCUT2D eigenvalue weighted by Gasteiger charge is 2.55. The molecule has 1 N–H and O–H groups in total. The normalized spacial score (nSPS) is 19.4. The van der Waals surface area contributed by atoms with Crippen LogP contribution in [0.25, 0.3) is 5.69 Å². The van der Waals surface area contributed by atoms with Gasteiger partial charge >= 0.3 is 0 Å². The number of carbonyl (C=O) groups excluding carboxylic acids is 4. The molecule has 11 nitrogen and oxygen atoms in total. The number of hydrogen-bond acceptors (Lipinski definition) is 7. The molecule has 2 aliphatic heterocycles. The zero-order chi connectivity index (χ0) is 28.0. The van der Waals surface area contributed by atoms with Gasteiger partial charge < -0.3 is 5.32 Å². The Balaban J connectivity index is 1.38. The second kappa shape index (κ2) is 10.1. The minimum atomic E-state index is -0.945. The highest BCUT2D eigenvalue weighted by Crippen LogP contribution is 2.41. The van der Waals surface area contributed by atoms with Crippen LogP contribution < -0.4 is 10.9 Å². The molecule has 2 atom stereocenters. The van der Waals surface area contributed by atoms with E-state index in [1.54, 1.807) is 73.3 Å². The van der Waals surface area contributed by atoms with Gasteiger partial charge in [-0.05, 0) is 36.8 Å². The van der Waals surface area contributed by atoms with Gasteiger partial charge in [-0.2, -0.15) is 5.01 Å². The van der Waals surface area contributed by atoms with E-state index in [9.17, 15) is 24.0 Å². The van der Waals surface area contributed by atoms with Crippen LogP contribution in [0, 0.1) is 6.92 Å². The molecule has 0 bridgehead atoms. The highest BCUT2D eigenvalue weighted by atomic mass is 35.5. The van der Waals surface area contributed by atoms with Crippen LogP contribution >= 0.6 is 23.8 Å². The van der Waals surface area contributed by atoms with E-state index < -0.39 is 53.1 Å². The fourth-order valence-corrected chi connectivity index (χ4v) is 5.43. The van der Waals surface area contributed by atoms with Crippen LogP contribution in [0.5, 0.6) is 0 Å². The Bertz CT molecular complexity index is 1570. The number of hydrogen-bond donors (Lipinski definition) is 1. The van der Waals surface area contributed by atoms with Gasteiger partial charge in [0.1, 0.15) is 23.5 Å². The largest absolute Gasteiger partial charge is 0.370 e. The summed E-state index contributed by atoms with van der Waals surface area (Å²) < 4.78 is 3.09. The van der Waals surface area contributed by atoms with Crippen molar-refractivity contribution >= 4 is 58.2 Å². The standard InChI is InChI=1S/C26H23ClN6O5S/c1-15-22(25(38)31(29(15)2)17-11-7-4-8-12-17)28-14-20(36)30-18(34)13-19(35)32(26(30)39)33-23(21(27)24(33)37)16-9-5-3-6-10-16/h3-12,21,23,28H,13-14H2,1-2H3. The fraction of sp³-hybridized carbons (Fsp3) is 0.231. The van der Waals surface area contributed by atoms with E-state index in [-0.39, 0.29) is 11.2 Å². The number of amides is 4. The Morgan fingerprint density at radius 2 is 1.62 bits per heavy atom. The summed E-state index contributed by atoms with van der Waals surface area (Å²) in [4.78, 5) is 65.4. The molecule has 2 aliphatic rings. The van der Waals surface area contributed by atoms with Crippen molar-refractivity contribution in [1.82, 2.24) is 24.3 Å². The molecule has 3 heterocycles. The number of halogens is 1. The molecule has 0 aliphatic carbocycles. The number of carbonyl (C=O) groups is 4. The van der Waals surface area contributed by atoms with Gasteiger partial charge in [-0.15, -0.1) is 11.6 Å². The number of aromatic nitrogens is 2. The van der Waals surface area contributed by atoms with Crippen LogP contribution in [0.2, 0.25) is 0 Å². The SMILES string of the molecule is Cc1c(NCC(=O)N2C(=O)CC(=O)N(N3C(=O)C(Cl)C3c3ccccc3)C2=S)c(=O)n(-c2ccccc2)n1C. The number of nitrogens with one attached hydrogen (secondary N) is 1. The summed E-state index contributed by atoms with van der Waals surface area (Å²) in [6, 6.07) is 17.1. The van der Waals surface area contributed by atoms with Crippen LogP contribution in [-0.2, 0) is 26.2 Å². The Morgan fingerprint density at radius 3 is 2.26 bits per heavy atom. The number of β-lactam (4-membered cyclic amide) rings is 1. The maximum absolute atomic E-state index is 13.2. The molecule has 5 rings (SSSR count). The number of benzene rings is 2. The van der Waals surface area contributed by atoms with Crippen LogP contribution in [0.15, 0.2) is 65.5 Å². The van der Waals surface area contributed by atoms with E-state index in [0.29, 0.717) is 21.8 Å². The lowest BCUT2D eigenvalue weighted by Crippen LogP contribution is -2.70. The summed E-state index contributed by atoms with van der Waals surface area (Å²) >= 11 is 11.7. The summed E-state index contributed by atoms with van der Waals surface area (Å²) in [5.74, 6) is -2.94. The number of hydrazine groups is 1. The Labute approximate surface area is 233 Å². The first-order chi connectivity index (χ1) is 18.6. The van der Waals surface area contributed by atoms with Gasteiger partial charge in [0.15, 0.2) is 0 Å². The quantitative estimate of drug-likeness (QED) is 0.209. The van der Waals surface area contributed by atoms with Gasteiger partial charge in [0.25, 0.3) is 23.3 Å². The molecule has 2 saturated heterocycles. The molecule has 3 aromatic rings. The maximum Gasteiger partial charge on any atom is 0.295 e. The molecule has 0 spiro atoms. The molecule has 1 aromatic heterocycles. The number of rotatable bonds is 6. The molecule has 2 aromatic carbocycles. The van der Waals surface area contributed by atoms with E-state index in [2.05, 4.69) is 5.32 Å². The second-order valence-electron chi connectivity index (χ2n) is 9.02. The van der Waals surface area contributed by atoms with Crippen molar-refractivity contribution < 1.29 is 19.2 Å². The Hall–Kier alpha value is -4.29. The lowest BCUT2D eigenvalue weighted by atomic mass is 9.95. The van der Waals surface area contributed by atoms with Gasteiger partial charge in [-0.3, -0.25) is 28.7 Å². The van der Waals surface area contributed by atoms with Crippen LogP contribution in [0.3, 0.4) is 0 Å². The van der Waals surface area contributed by atoms with Crippen LogP contribution in [0.4, 0.5) is 5.69 Å². The first-order valence-corrected chi connectivity index (χ1v) is 12.8. The zero-order valence-electron chi connectivity index (χ0n) is 20.9. The highest BCUT2D eigenvalue weighted by molar-refractivity contribution is 7.80. The summed E-state index contributed by atoms with van der Waals surface area (Å²) in [6.07, 6.45) is -0.671. The number of anilines is 1. The Morgan fingerprint density at radius 1 is 1.00 bits per heavy atom. The first kappa shape index (κ1) is 26.3. The van der Waals surface area contributed by atoms with E-state index in [1.807, 2.05) is 6.07 Å². The van der Waals surface area contributed by atoms with Gasteiger partial charge in [0.05, 0.1) is 17.9 Å². The van der Waals surface area contributed by atoms with Crippen molar-refractivity contribution in [3.63, 3.8) is 0 Å². The average molecular weight is 567 g/mol. The van der Waals surface area contributed by atoms with E-state index >= 15 is 0 Å². The van der Waals surface area contributed by atoms with Gasteiger partial charge in [0, 0.05) is 7.05 Å². The Kier molecular flexibility index (Phi) is 6.83. The minimum Gasteiger partial charge on any atom is -0.370 e. The number of thiocarbonyl (C=S) groups is 1. The predicted octanol–water partition coefficient (Wildman–Crippen LogP) is 1.87. The maximum atomic E-state index is 13.2. The minimum absolute atomic E-state index is 0.171. The van der Waals surface area contributed by atoms with Gasteiger partial charge in [-0.1, -0.05) is 48.5 Å². The number of imide groups is 1. The fourth-order valence-electron chi connectivity index (χ4n) is 4.69. The summed E-state index contributed by atoms with van der Waals surface area (Å²) in [5.41, 5.74) is 1.65. The average Bonchev–Trinajstić information content (AvgIpc) is 3.14. The zero-order valence-corrected chi connectivity index (χ0v) is 22.5. The molecule has 13 heteroatoms. The summed E-state index contributed by atoms with van der Waals surface area (Å²) in [7, 11) is 1.71. The second-order valence-corrected chi connectivity index (χ2v) is 9.85. The van der Waals surface area contributed by atoms with Crippen molar-refractivity contribution in [2.24, 2.45) is 7.05 Å². The van der Waals surface area contributed by atoms with Crippen LogP contribution in [-0.4, -0.2) is 64.9 Å². The lowest BCUT2D eigenvalue weighted by Gasteiger charge is -2.51. The molecule has 200 valence electrons. The number of alkyl halides is 1. The van der Waals surface area contributed by atoms with Crippen molar-refractivity contribution in [3.05, 3.63) is 82.3 Å². The van der Waals surface area contributed by atoms with Crippen molar-refractivity contribution in [2.75, 3.05) is 11.9 Å². The molecule has 39 heavy (non-hydrogen) atoms. The third-order valence-electron chi connectivity index (χ3n) is 6.74. The molecule has 4 amide bonds. The number of para-hydroxylation sites is 1. The summed E-state index contributed by atoms with van der Waals surface area (Å²) in [6.45, 7) is 1.25.